The monoisotopic (exact) mass is 288 g/mol. The van der Waals surface area contributed by atoms with E-state index in [1.165, 1.54) is 0 Å². The summed E-state index contributed by atoms with van der Waals surface area (Å²) >= 11 is 0. The first-order valence-corrected chi connectivity index (χ1v) is 7.14. The maximum absolute atomic E-state index is 12.2. The Morgan fingerprint density at radius 2 is 1.53 bits per heavy atom. The van der Waals surface area contributed by atoms with Gasteiger partial charge in [-0.15, -0.1) is 0 Å². The molecule has 5 heteroatoms. The topological polar surface area (TPSA) is 43.4 Å². The van der Waals surface area contributed by atoms with Gasteiger partial charge in [0.05, 0.1) is 5.60 Å². The molecule has 2 aromatic carbocycles. The molecule has 0 saturated carbocycles. The first kappa shape index (κ1) is 16.7. The van der Waals surface area contributed by atoms with Gasteiger partial charge in [-0.2, -0.15) is 8.42 Å². The Morgan fingerprint density at radius 1 is 0.947 bits per heavy atom. The average molecular weight is 288 g/mol. The van der Waals surface area contributed by atoms with Crippen LogP contribution in [0.1, 0.15) is 20.8 Å². The van der Waals surface area contributed by atoms with Gasteiger partial charge >= 0.3 is 29.6 Å². The van der Waals surface area contributed by atoms with Crippen molar-refractivity contribution in [2.24, 2.45) is 0 Å². The van der Waals surface area contributed by atoms with Crippen LogP contribution in [0.3, 0.4) is 0 Å². The third-order valence-electron chi connectivity index (χ3n) is 2.38. The van der Waals surface area contributed by atoms with Gasteiger partial charge in [-0.05, 0) is 32.2 Å². The number of hydrogen-bond acceptors (Lipinski definition) is 3. The first-order chi connectivity index (χ1) is 8.30. The quantitative estimate of drug-likeness (QED) is 0.630. The van der Waals surface area contributed by atoms with E-state index in [1.54, 1.807) is 39.0 Å². The van der Waals surface area contributed by atoms with Gasteiger partial charge in [-0.25, -0.2) is 0 Å². The van der Waals surface area contributed by atoms with Crippen molar-refractivity contribution in [3.05, 3.63) is 42.5 Å². The van der Waals surface area contributed by atoms with Crippen molar-refractivity contribution in [1.29, 1.82) is 0 Å². The molecule has 0 fully saturated rings. The van der Waals surface area contributed by atoms with Crippen molar-refractivity contribution >= 4 is 50.4 Å². The average Bonchev–Trinajstić information content (AvgIpc) is 2.25. The fourth-order valence-electron chi connectivity index (χ4n) is 1.79. The predicted octanol–water partition coefficient (Wildman–Crippen LogP) is 2.70. The van der Waals surface area contributed by atoms with Gasteiger partial charge in [0.2, 0.25) is 0 Å². The van der Waals surface area contributed by atoms with Gasteiger partial charge in [0.1, 0.15) is 4.90 Å². The summed E-state index contributed by atoms with van der Waals surface area (Å²) in [6.07, 6.45) is 0. The molecular weight excluding hydrogens is 271 g/mol. The normalized spacial score (nSPS) is 12.2. The van der Waals surface area contributed by atoms with E-state index in [-0.39, 0.29) is 34.5 Å². The van der Waals surface area contributed by atoms with Crippen molar-refractivity contribution in [2.45, 2.75) is 31.3 Å². The summed E-state index contributed by atoms with van der Waals surface area (Å²) in [5.74, 6) is 0. The van der Waals surface area contributed by atoms with E-state index in [1.807, 2.05) is 24.3 Å². The van der Waals surface area contributed by atoms with Crippen LogP contribution >= 0.6 is 0 Å². The van der Waals surface area contributed by atoms with Gasteiger partial charge in [0.15, 0.2) is 0 Å². The number of benzene rings is 2. The zero-order valence-corrected chi connectivity index (χ0v) is 11.5. The van der Waals surface area contributed by atoms with E-state index in [9.17, 15) is 8.42 Å². The third kappa shape index (κ3) is 4.04. The molecular formula is C14H17NaO3S. The Balaban J connectivity index is 0.00000180. The second-order valence-corrected chi connectivity index (χ2v) is 6.64. The Labute approximate surface area is 136 Å². The molecule has 0 spiro atoms. The van der Waals surface area contributed by atoms with Crippen molar-refractivity contribution in [2.75, 3.05) is 0 Å². The molecule has 0 aliphatic heterocycles. The molecule has 0 heterocycles. The molecule has 0 atom stereocenters. The zero-order valence-electron chi connectivity index (χ0n) is 10.7. The molecule has 0 aliphatic rings. The van der Waals surface area contributed by atoms with Crippen LogP contribution in [0.4, 0.5) is 0 Å². The van der Waals surface area contributed by atoms with E-state index in [0.717, 1.165) is 5.39 Å². The van der Waals surface area contributed by atoms with Crippen molar-refractivity contribution < 1.29 is 12.6 Å². The molecule has 0 saturated heterocycles. The number of hydrogen-bond donors (Lipinski definition) is 0. The Bertz CT molecular complexity index is 667. The summed E-state index contributed by atoms with van der Waals surface area (Å²) in [6.45, 7) is 5.15. The van der Waals surface area contributed by atoms with Crippen LogP contribution in [-0.2, 0) is 14.3 Å². The maximum atomic E-state index is 12.2. The van der Waals surface area contributed by atoms with E-state index in [4.69, 9.17) is 4.18 Å². The van der Waals surface area contributed by atoms with Crippen LogP contribution in [0.5, 0.6) is 0 Å². The van der Waals surface area contributed by atoms with E-state index in [0.29, 0.717) is 5.39 Å². The van der Waals surface area contributed by atoms with Gasteiger partial charge in [-0.1, -0.05) is 36.4 Å². The van der Waals surface area contributed by atoms with Crippen LogP contribution < -0.4 is 0 Å². The number of fused-ring (bicyclic) bond motifs is 1. The molecule has 0 aromatic heterocycles. The van der Waals surface area contributed by atoms with Crippen molar-refractivity contribution in [1.82, 2.24) is 0 Å². The van der Waals surface area contributed by atoms with Gasteiger partial charge in [0.25, 0.3) is 10.1 Å². The Morgan fingerprint density at radius 3 is 2.16 bits per heavy atom. The standard InChI is InChI=1S/C14H16O3S.Na.H/c1-14(2,3)17-18(15,16)13-10-6-8-11-7-4-5-9-12(11)13;;/h4-10H,1-3H3;;. The number of rotatable bonds is 2. The van der Waals surface area contributed by atoms with Gasteiger partial charge in [0, 0.05) is 5.39 Å². The summed E-state index contributed by atoms with van der Waals surface area (Å²) in [5.41, 5.74) is -0.740. The molecule has 2 aromatic rings. The molecule has 3 nitrogen and oxygen atoms in total. The van der Waals surface area contributed by atoms with Crippen LogP contribution in [-0.4, -0.2) is 43.6 Å². The zero-order chi connectivity index (χ0) is 13.4. The summed E-state index contributed by atoms with van der Waals surface area (Å²) in [5, 5.41) is 1.57. The van der Waals surface area contributed by atoms with Gasteiger partial charge in [-0.3, -0.25) is 4.18 Å². The molecule has 2 rings (SSSR count). The fourth-order valence-corrected chi connectivity index (χ4v) is 3.24. The van der Waals surface area contributed by atoms with Gasteiger partial charge < -0.3 is 0 Å². The Hall–Kier alpha value is -0.390. The summed E-state index contributed by atoms with van der Waals surface area (Å²) in [7, 11) is -3.74. The van der Waals surface area contributed by atoms with Crippen LogP contribution in [0.2, 0.25) is 0 Å². The van der Waals surface area contributed by atoms with E-state index >= 15 is 0 Å². The van der Waals surface area contributed by atoms with Crippen LogP contribution in [0.25, 0.3) is 10.8 Å². The van der Waals surface area contributed by atoms with Crippen LogP contribution in [0, 0.1) is 0 Å². The molecule has 0 radical (unpaired) electrons. The molecule has 19 heavy (non-hydrogen) atoms. The molecule has 0 bridgehead atoms. The van der Waals surface area contributed by atoms with E-state index in [2.05, 4.69) is 0 Å². The fraction of sp³-hybridized carbons (Fsp3) is 0.286. The molecule has 0 unspecified atom stereocenters. The minimum absolute atomic E-state index is 0. The Kier molecular flexibility index (Phi) is 5.21. The summed E-state index contributed by atoms with van der Waals surface area (Å²) in [4.78, 5) is 0.218. The molecule has 98 valence electrons. The van der Waals surface area contributed by atoms with E-state index < -0.39 is 15.7 Å². The van der Waals surface area contributed by atoms with Crippen LogP contribution in [0.15, 0.2) is 47.4 Å². The molecule has 0 aliphatic carbocycles. The summed E-state index contributed by atoms with van der Waals surface area (Å²) < 4.78 is 29.7. The third-order valence-corrected chi connectivity index (χ3v) is 3.99. The molecule has 0 N–H and O–H groups in total. The second kappa shape index (κ2) is 5.94. The first-order valence-electron chi connectivity index (χ1n) is 5.73. The predicted molar refractivity (Wildman–Crippen MR) is 79.1 cm³/mol. The minimum atomic E-state index is -3.74. The van der Waals surface area contributed by atoms with Crippen molar-refractivity contribution in [3.8, 4) is 0 Å². The second-order valence-electron chi connectivity index (χ2n) is 5.13. The van der Waals surface area contributed by atoms with Crippen molar-refractivity contribution in [3.63, 3.8) is 0 Å². The molecule has 0 amide bonds. The summed E-state index contributed by atoms with van der Waals surface area (Å²) in [6, 6.07) is 12.5. The SMILES string of the molecule is CC(C)(C)OS(=O)(=O)c1cccc2ccccc12.[NaH].